The first-order chi connectivity index (χ1) is 13.9. The number of hydrogen-bond acceptors (Lipinski definition) is 6. The zero-order valence-corrected chi connectivity index (χ0v) is 17.4. The Morgan fingerprint density at radius 3 is 2.43 bits per heavy atom. The summed E-state index contributed by atoms with van der Waals surface area (Å²) in [5.74, 6) is -2.33. The Labute approximate surface area is 177 Å². The molecule has 4 rings (SSSR count). The highest BCUT2D eigenvalue weighted by molar-refractivity contribution is 9.10. The van der Waals surface area contributed by atoms with Crippen LogP contribution in [-0.4, -0.2) is 27.1 Å². The van der Waals surface area contributed by atoms with Crippen molar-refractivity contribution in [3.05, 3.63) is 51.7 Å². The molecular formula is C18H14BrF4NO5S. The van der Waals surface area contributed by atoms with Crippen LogP contribution in [0.2, 0.25) is 0 Å². The van der Waals surface area contributed by atoms with Crippen LogP contribution in [0.25, 0.3) is 0 Å². The van der Waals surface area contributed by atoms with Gasteiger partial charge in [0.05, 0.1) is 18.1 Å². The summed E-state index contributed by atoms with van der Waals surface area (Å²) in [6, 6.07) is 4.59. The maximum absolute atomic E-state index is 13.7. The Morgan fingerprint density at radius 1 is 1.17 bits per heavy atom. The number of hydrogen-bond donors (Lipinski definition) is 1. The third-order valence-corrected chi connectivity index (χ3v) is 6.81. The van der Waals surface area contributed by atoms with Gasteiger partial charge in [-0.15, -0.1) is 0 Å². The quantitative estimate of drug-likeness (QED) is 0.619. The largest absolute Gasteiger partial charge is 0.501 e. The van der Waals surface area contributed by atoms with E-state index in [1.807, 2.05) is 0 Å². The fraction of sp³-hybridized carbons (Fsp3) is 0.333. The molecule has 2 aromatic rings. The molecule has 1 saturated heterocycles. The van der Waals surface area contributed by atoms with Gasteiger partial charge in [0.25, 0.3) is 9.84 Å². The monoisotopic (exact) mass is 511 g/mol. The number of ether oxygens (including phenoxy) is 3. The zero-order valence-electron chi connectivity index (χ0n) is 15.0. The second-order valence-corrected chi connectivity index (χ2v) is 9.59. The normalized spacial score (nSPS) is 20.5. The number of alkyl halides is 3. The van der Waals surface area contributed by atoms with E-state index in [1.165, 1.54) is 12.1 Å². The van der Waals surface area contributed by atoms with Crippen molar-refractivity contribution in [1.29, 1.82) is 0 Å². The van der Waals surface area contributed by atoms with E-state index < -0.39 is 37.9 Å². The smallest absolute Gasteiger partial charge is 0.457 e. The highest BCUT2D eigenvalue weighted by atomic mass is 79.9. The summed E-state index contributed by atoms with van der Waals surface area (Å²) in [5, 5.41) is 0. The van der Waals surface area contributed by atoms with Crippen LogP contribution in [0.5, 0.6) is 11.5 Å². The van der Waals surface area contributed by atoms with Crippen molar-refractivity contribution in [3.63, 3.8) is 0 Å². The van der Waals surface area contributed by atoms with Crippen LogP contribution in [0.3, 0.4) is 0 Å². The van der Waals surface area contributed by atoms with Crippen LogP contribution >= 0.6 is 15.9 Å². The van der Waals surface area contributed by atoms with Crippen molar-refractivity contribution in [1.82, 2.24) is 0 Å². The summed E-state index contributed by atoms with van der Waals surface area (Å²) >= 11 is 3.12. The number of sulfone groups is 1. The lowest BCUT2D eigenvalue weighted by atomic mass is 10.1. The average Bonchev–Trinajstić information content (AvgIpc) is 3.19. The van der Waals surface area contributed by atoms with Gasteiger partial charge in [-0.3, -0.25) is 0 Å². The van der Waals surface area contributed by atoms with E-state index in [2.05, 4.69) is 15.9 Å². The lowest BCUT2D eigenvalue weighted by Crippen LogP contribution is -2.30. The molecule has 2 aromatic carbocycles. The molecule has 2 aliphatic rings. The minimum atomic E-state index is -5.73. The molecule has 12 heteroatoms. The van der Waals surface area contributed by atoms with Gasteiger partial charge in [-0.2, -0.15) is 13.2 Å². The molecule has 1 aliphatic heterocycles. The summed E-state index contributed by atoms with van der Waals surface area (Å²) in [5.41, 5.74) is 0.265. The van der Waals surface area contributed by atoms with Gasteiger partial charge in [0.1, 0.15) is 17.3 Å². The summed E-state index contributed by atoms with van der Waals surface area (Å²) in [7, 11) is -5.73. The maximum atomic E-state index is 13.7. The van der Waals surface area contributed by atoms with Crippen molar-refractivity contribution < 1.29 is 40.2 Å². The molecule has 1 atom stereocenters. The van der Waals surface area contributed by atoms with Crippen LogP contribution in [0.15, 0.2) is 39.7 Å². The van der Waals surface area contributed by atoms with Crippen molar-refractivity contribution in [3.8, 4) is 11.5 Å². The van der Waals surface area contributed by atoms with E-state index >= 15 is 0 Å². The van der Waals surface area contributed by atoms with Crippen LogP contribution in [-0.2, 0) is 25.1 Å². The first-order valence-corrected chi connectivity index (χ1v) is 10.9. The fourth-order valence-corrected chi connectivity index (χ4v) is 5.18. The molecule has 0 bridgehead atoms. The van der Waals surface area contributed by atoms with E-state index in [0.29, 0.717) is 4.47 Å². The third kappa shape index (κ3) is 3.40. The van der Waals surface area contributed by atoms with Gasteiger partial charge in [-0.25, -0.2) is 12.8 Å². The number of rotatable bonds is 3. The predicted octanol–water partition coefficient (Wildman–Crippen LogP) is 4.28. The molecule has 0 radical (unpaired) electrons. The summed E-state index contributed by atoms with van der Waals surface area (Å²) in [4.78, 5) is -1.01. The number of nitrogens with two attached hydrogens (primary N) is 1. The van der Waals surface area contributed by atoms with Crippen molar-refractivity contribution in [2.24, 2.45) is 5.73 Å². The maximum Gasteiger partial charge on any atom is 0.501 e. The van der Waals surface area contributed by atoms with Gasteiger partial charge in [0.2, 0.25) is 0 Å². The molecule has 2 N–H and O–H groups in total. The van der Waals surface area contributed by atoms with E-state index in [-0.39, 0.29) is 42.3 Å². The molecular weight excluding hydrogens is 498 g/mol. The lowest BCUT2D eigenvalue weighted by Gasteiger charge is -2.25. The summed E-state index contributed by atoms with van der Waals surface area (Å²) < 4.78 is 95.2. The summed E-state index contributed by atoms with van der Waals surface area (Å²) in [6.45, 7) is 0.110. The van der Waals surface area contributed by atoms with Crippen LogP contribution in [0, 0.1) is 5.82 Å². The SMILES string of the molecule is NC1CC2(OCCO2)c2c(S(=O)(=O)C(F)(F)F)ccc(Oc3cc(F)cc(Br)c3)c21. The minimum absolute atomic E-state index is 0.00242. The molecule has 6 nitrogen and oxygen atoms in total. The fourth-order valence-electron chi connectivity index (χ4n) is 3.70. The molecule has 0 amide bonds. The van der Waals surface area contributed by atoms with E-state index in [9.17, 15) is 26.0 Å². The topological polar surface area (TPSA) is 87.9 Å². The van der Waals surface area contributed by atoms with Gasteiger partial charge in [0.15, 0.2) is 5.79 Å². The Balaban J connectivity index is 1.93. The van der Waals surface area contributed by atoms with Crippen molar-refractivity contribution in [2.75, 3.05) is 13.2 Å². The van der Waals surface area contributed by atoms with Crippen LogP contribution in [0.1, 0.15) is 23.6 Å². The molecule has 1 heterocycles. The Morgan fingerprint density at radius 2 is 1.83 bits per heavy atom. The van der Waals surface area contributed by atoms with Crippen LogP contribution < -0.4 is 10.5 Å². The van der Waals surface area contributed by atoms with Gasteiger partial charge in [0, 0.05) is 34.1 Å². The molecule has 1 fully saturated rings. The number of benzene rings is 2. The standard InChI is InChI=1S/C18H14BrF4NO5S/c19-9-5-10(20)7-11(6-9)29-13-1-2-14(30(25,26)18(21,22)23)16-15(13)12(24)8-17(16)27-3-4-28-17/h1-2,5-7,12H,3-4,8,24H2. The highest BCUT2D eigenvalue weighted by Crippen LogP contribution is 2.54. The highest BCUT2D eigenvalue weighted by Gasteiger charge is 2.56. The van der Waals surface area contributed by atoms with Crippen LogP contribution in [0.4, 0.5) is 17.6 Å². The van der Waals surface area contributed by atoms with Gasteiger partial charge < -0.3 is 19.9 Å². The minimum Gasteiger partial charge on any atom is -0.457 e. The van der Waals surface area contributed by atoms with Crippen molar-refractivity contribution >= 4 is 25.8 Å². The second-order valence-electron chi connectivity index (χ2n) is 6.77. The average molecular weight is 512 g/mol. The summed E-state index contributed by atoms with van der Waals surface area (Å²) in [6.07, 6.45) is -0.101. The number of fused-ring (bicyclic) bond motifs is 2. The third-order valence-electron chi connectivity index (χ3n) is 4.82. The van der Waals surface area contributed by atoms with E-state index in [4.69, 9.17) is 19.9 Å². The molecule has 30 heavy (non-hydrogen) atoms. The van der Waals surface area contributed by atoms with Gasteiger partial charge in [-0.05, 0) is 24.3 Å². The molecule has 1 aliphatic carbocycles. The molecule has 1 spiro atoms. The predicted molar refractivity (Wildman–Crippen MR) is 99.0 cm³/mol. The second kappa shape index (κ2) is 7.16. The van der Waals surface area contributed by atoms with E-state index in [0.717, 1.165) is 18.2 Å². The first-order valence-electron chi connectivity index (χ1n) is 8.61. The molecule has 162 valence electrons. The Hall–Kier alpha value is -1.73. The lowest BCUT2D eigenvalue weighted by molar-refractivity contribution is -0.167. The van der Waals surface area contributed by atoms with Gasteiger partial charge >= 0.3 is 5.51 Å². The molecule has 0 aromatic heterocycles. The Bertz CT molecular complexity index is 1100. The van der Waals surface area contributed by atoms with Crippen molar-refractivity contribution in [2.45, 2.75) is 28.7 Å². The number of halogens is 5. The zero-order chi connectivity index (χ0) is 21.9. The Kier molecular flexibility index (Phi) is 5.13. The van der Waals surface area contributed by atoms with E-state index in [1.54, 1.807) is 0 Å². The first kappa shape index (κ1) is 21.5. The van der Waals surface area contributed by atoms with Gasteiger partial charge in [-0.1, -0.05) is 15.9 Å². The molecule has 0 saturated carbocycles. The molecule has 1 unspecified atom stereocenters.